The fourth-order valence-corrected chi connectivity index (χ4v) is 2.86. The second kappa shape index (κ2) is 6.11. The monoisotopic (exact) mass is 276 g/mol. The molecule has 5 heteroatoms. The average molecular weight is 277 g/mol. The van der Waals surface area contributed by atoms with Gasteiger partial charge in [0.05, 0.1) is 0 Å². The summed E-state index contributed by atoms with van der Waals surface area (Å²) in [6, 6.07) is 1.45. The molecule has 2 saturated heterocycles. The van der Waals surface area contributed by atoms with Gasteiger partial charge in [0.15, 0.2) is 0 Å². The molecule has 2 bridgehead atoms. The summed E-state index contributed by atoms with van der Waals surface area (Å²) in [7, 11) is 0. The lowest BCUT2D eigenvalue weighted by molar-refractivity contribution is 0.0474. The van der Waals surface area contributed by atoms with Crippen LogP contribution in [0.1, 0.15) is 52.9 Å². The second-order valence-corrected chi connectivity index (χ2v) is 6.31. The zero-order valence-electron chi connectivity index (χ0n) is 11.5. The van der Waals surface area contributed by atoms with E-state index < -0.39 is 5.60 Å². The number of amides is 1. The number of carbonyl (C=O) groups excluding carboxylic acids is 1. The Kier molecular flexibility index (Phi) is 5.29. The molecule has 0 saturated carbocycles. The normalized spacial score (nSPS) is 31.2. The van der Waals surface area contributed by atoms with E-state index in [9.17, 15) is 4.79 Å². The molecule has 106 valence electrons. The summed E-state index contributed by atoms with van der Waals surface area (Å²) in [6.07, 6.45) is 5.60. The Balaban J connectivity index is 0.00000162. The highest BCUT2D eigenvalue weighted by Gasteiger charge is 2.32. The van der Waals surface area contributed by atoms with Crippen LogP contribution in [0.2, 0.25) is 0 Å². The lowest BCUT2D eigenvalue weighted by Gasteiger charge is -2.40. The third-order valence-electron chi connectivity index (χ3n) is 3.44. The summed E-state index contributed by atoms with van der Waals surface area (Å²) in [4.78, 5) is 11.7. The zero-order valence-corrected chi connectivity index (χ0v) is 12.3. The van der Waals surface area contributed by atoms with Crippen LogP contribution in [-0.4, -0.2) is 29.8 Å². The topological polar surface area (TPSA) is 50.4 Å². The zero-order chi connectivity index (χ0) is 12.5. The van der Waals surface area contributed by atoms with Gasteiger partial charge in [-0.05, 0) is 46.5 Å². The summed E-state index contributed by atoms with van der Waals surface area (Å²) in [5, 5.41) is 6.61. The van der Waals surface area contributed by atoms with Gasteiger partial charge in [-0.15, -0.1) is 12.4 Å². The quantitative estimate of drug-likeness (QED) is 0.774. The minimum absolute atomic E-state index is 0. The maximum Gasteiger partial charge on any atom is 0.407 e. The number of fused-ring (bicyclic) bond motifs is 2. The smallest absolute Gasteiger partial charge is 0.407 e. The summed E-state index contributed by atoms with van der Waals surface area (Å²) in [6.45, 7) is 5.68. The van der Waals surface area contributed by atoms with Crippen molar-refractivity contribution in [2.45, 2.75) is 76.6 Å². The molecule has 0 radical (unpaired) electrons. The first-order valence-corrected chi connectivity index (χ1v) is 6.68. The van der Waals surface area contributed by atoms with Gasteiger partial charge in [-0.1, -0.05) is 6.42 Å². The highest BCUT2D eigenvalue weighted by atomic mass is 35.5. The number of carbonyl (C=O) groups is 1. The van der Waals surface area contributed by atoms with Gasteiger partial charge in [0.1, 0.15) is 5.60 Å². The van der Waals surface area contributed by atoms with E-state index in [2.05, 4.69) is 10.6 Å². The van der Waals surface area contributed by atoms with Crippen LogP contribution in [0.3, 0.4) is 0 Å². The summed E-state index contributed by atoms with van der Waals surface area (Å²) >= 11 is 0. The molecule has 1 unspecified atom stereocenters. The van der Waals surface area contributed by atoms with Crippen LogP contribution in [0.25, 0.3) is 0 Å². The van der Waals surface area contributed by atoms with E-state index in [0.717, 1.165) is 12.8 Å². The van der Waals surface area contributed by atoms with Gasteiger partial charge in [0.25, 0.3) is 0 Å². The molecule has 2 fully saturated rings. The maximum atomic E-state index is 11.7. The van der Waals surface area contributed by atoms with E-state index in [1.807, 2.05) is 20.8 Å². The Labute approximate surface area is 116 Å². The van der Waals surface area contributed by atoms with Crippen molar-refractivity contribution in [2.24, 2.45) is 0 Å². The van der Waals surface area contributed by atoms with Gasteiger partial charge >= 0.3 is 6.09 Å². The Morgan fingerprint density at radius 3 is 2.28 bits per heavy atom. The average Bonchev–Trinajstić information content (AvgIpc) is 2.13. The Hall–Kier alpha value is -0.480. The molecule has 2 N–H and O–H groups in total. The number of alkyl carbamates (subject to hydrolysis) is 1. The van der Waals surface area contributed by atoms with Crippen LogP contribution >= 0.6 is 12.4 Å². The van der Waals surface area contributed by atoms with E-state index in [1.54, 1.807) is 0 Å². The first-order chi connectivity index (χ1) is 7.92. The molecule has 2 heterocycles. The van der Waals surface area contributed by atoms with E-state index in [1.165, 1.54) is 19.3 Å². The summed E-state index contributed by atoms with van der Waals surface area (Å²) < 4.78 is 5.29. The van der Waals surface area contributed by atoms with Crippen molar-refractivity contribution in [3.8, 4) is 0 Å². The van der Waals surface area contributed by atoms with Gasteiger partial charge in [0, 0.05) is 18.1 Å². The van der Waals surface area contributed by atoms with Crippen LogP contribution in [0.15, 0.2) is 0 Å². The van der Waals surface area contributed by atoms with Crippen molar-refractivity contribution >= 4 is 18.5 Å². The number of rotatable bonds is 1. The molecule has 18 heavy (non-hydrogen) atoms. The number of ether oxygens (including phenoxy) is 1. The highest BCUT2D eigenvalue weighted by Crippen LogP contribution is 2.25. The number of piperidine rings is 2. The number of hydrogen-bond donors (Lipinski definition) is 2. The fraction of sp³-hybridized carbons (Fsp3) is 0.923. The van der Waals surface area contributed by atoms with Crippen LogP contribution in [-0.2, 0) is 4.74 Å². The third-order valence-corrected chi connectivity index (χ3v) is 3.44. The number of nitrogens with one attached hydrogen (secondary N) is 2. The van der Waals surface area contributed by atoms with E-state index in [4.69, 9.17) is 4.74 Å². The Bertz CT molecular complexity index is 279. The molecule has 1 amide bonds. The van der Waals surface area contributed by atoms with Crippen LogP contribution in [0.5, 0.6) is 0 Å². The molecule has 2 rings (SSSR count). The van der Waals surface area contributed by atoms with E-state index in [-0.39, 0.29) is 24.5 Å². The number of hydrogen-bond acceptors (Lipinski definition) is 3. The molecule has 4 nitrogen and oxygen atoms in total. The van der Waals surface area contributed by atoms with Gasteiger partial charge in [-0.2, -0.15) is 0 Å². The molecule has 0 spiro atoms. The minimum Gasteiger partial charge on any atom is -0.444 e. The number of halogens is 1. The van der Waals surface area contributed by atoms with Crippen molar-refractivity contribution in [2.75, 3.05) is 0 Å². The van der Waals surface area contributed by atoms with Crippen molar-refractivity contribution in [1.29, 1.82) is 0 Å². The summed E-state index contributed by atoms with van der Waals surface area (Å²) in [5.74, 6) is 0. The summed E-state index contributed by atoms with van der Waals surface area (Å²) in [5.41, 5.74) is -0.410. The molecule has 0 aromatic rings. The van der Waals surface area contributed by atoms with Crippen molar-refractivity contribution in [3.63, 3.8) is 0 Å². The lowest BCUT2D eigenvalue weighted by Crippen LogP contribution is -2.55. The second-order valence-electron chi connectivity index (χ2n) is 6.31. The predicted molar refractivity (Wildman–Crippen MR) is 74.2 cm³/mol. The van der Waals surface area contributed by atoms with Gasteiger partial charge in [0.2, 0.25) is 0 Å². The van der Waals surface area contributed by atoms with Gasteiger partial charge in [-0.25, -0.2) is 4.79 Å². The van der Waals surface area contributed by atoms with Crippen molar-refractivity contribution in [1.82, 2.24) is 10.6 Å². The van der Waals surface area contributed by atoms with E-state index >= 15 is 0 Å². The first-order valence-electron chi connectivity index (χ1n) is 6.68. The molecule has 2 aliphatic heterocycles. The SMILES string of the molecule is CC(C)(C)OC(=O)NC1C[C@H]2CCC[C@@H](C1)N2.Cl. The molecular weight excluding hydrogens is 252 g/mol. The van der Waals surface area contributed by atoms with Crippen molar-refractivity contribution < 1.29 is 9.53 Å². The predicted octanol–water partition coefficient (Wildman–Crippen LogP) is 2.61. The maximum absolute atomic E-state index is 11.7. The van der Waals surface area contributed by atoms with Gasteiger partial charge < -0.3 is 15.4 Å². The molecular formula is C13H25ClN2O2. The van der Waals surface area contributed by atoms with Crippen LogP contribution in [0.4, 0.5) is 4.79 Å². The largest absolute Gasteiger partial charge is 0.444 e. The highest BCUT2D eigenvalue weighted by molar-refractivity contribution is 5.85. The molecule has 3 atom stereocenters. The Morgan fingerprint density at radius 1 is 1.22 bits per heavy atom. The molecule has 0 aromatic carbocycles. The first kappa shape index (κ1) is 15.6. The molecule has 0 aliphatic carbocycles. The Morgan fingerprint density at radius 2 is 1.78 bits per heavy atom. The third kappa shape index (κ3) is 4.65. The van der Waals surface area contributed by atoms with Gasteiger partial charge in [-0.3, -0.25) is 0 Å². The minimum atomic E-state index is -0.410. The van der Waals surface area contributed by atoms with Crippen LogP contribution in [0, 0.1) is 0 Å². The van der Waals surface area contributed by atoms with E-state index in [0.29, 0.717) is 12.1 Å². The standard InChI is InChI=1S/C13H24N2O2.ClH/c1-13(2,3)17-12(16)15-11-7-9-5-4-6-10(8-11)14-9;/h9-11,14H,4-8H2,1-3H3,(H,15,16);1H/t9-,10+,11?;. The fourth-order valence-electron chi connectivity index (χ4n) is 2.86. The molecule has 2 aliphatic rings. The lowest BCUT2D eigenvalue weighted by atomic mass is 9.84. The van der Waals surface area contributed by atoms with Crippen molar-refractivity contribution in [3.05, 3.63) is 0 Å². The molecule has 0 aromatic heterocycles. The van der Waals surface area contributed by atoms with Crippen LogP contribution < -0.4 is 10.6 Å².